The summed E-state index contributed by atoms with van der Waals surface area (Å²) >= 11 is 2.01. The summed E-state index contributed by atoms with van der Waals surface area (Å²) < 4.78 is 0. The van der Waals surface area contributed by atoms with E-state index in [1.54, 1.807) is 0 Å². The summed E-state index contributed by atoms with van der Waals surface area (Å²) in [5.74, 6) is 2.97. The van der Waals surface area contributed by atoms with E-state index >= 15 is 0 Å². The fourth-order valence-corrected chi connectivity index (χ4v) is 3.60. The molecule has 0 heterocycles. The van der Waals surface area contributed by atoms with E-state index in [1.807, 2.05) is 11.8 Å². The molecule has 0 saturated carbocycles. The Bertz CT molecular complexity index is 292. The van der Waals surface area contributed by atoms with Crippen molar-refractivity contribution in [3.05, 3.63) is 12.3 Å². The highest BCUT2D eigenvalue weighted by Gasteiger charge is 2.22. The van der Waals surface area contributed by atoms with Gasteiger partial charge in [-0.05, 0) is 41.8 Å². The summed E-state index contributed by atoms with van der Waals surface area (Å²) in [5, 5.41) is 3.50. The van der Waals surface area contributed by atoms with Gasteiger partial charge in [0.25, 0.3) is 0 Å². The first-order chi connectivity index (χ1) is 9.60. The van der Waals surface area contributed by atoms with Crippen molar-refractivity contribution < 1.29 is 0 Å². The van der Waals surface area contributed by atoms with Gasteiger partial charge in [-0.25, -0.2) is 0 Å². The van der Waals surface area contributed by atoms with Crippen molar-refractivity contribution in [1.29, 1.82) is 0 Å². The largest absolute Gasteiger partial charge is 0.388 e. The van der Waals surface area contributed by atoms with Gasteiger partial charge in [-0.2, -0.15) is 11.8 Å². The molecule has 0 aliphatic carbocycles. The van der Waals surface area contributed by atoms with Crippen molar-refractivity contribution in [2.45, 2.75) is 74.1 Å². The second-order valence-corrected chi connectivity index (χ2v) is 9.17. The van der Waals surface area contributed by atoms with E-state index in [0.717, 1.165) is 18.2 Å². The molecule has 0 radical (unpaired) electrons. The van der Waals surface area contributed by atoms with Crippen LogP contribution >= 0.6 is 11.8 Å². The molecule has 0 atom stereocenters. The second kappa shape index (κ2) is 9.82. The van der Waals surface area contributed by atoms with Crippen LogP contribution in [-0.4, -0.2) is 18.1 Å². The minimum Gasteiger partial charge on any atom is -0.388 e. The summed E-state index contributed by atoms with van der Waals surface area (Å²) in [6.07, 6.45) is 5.16. The Balaban J connectivity index is 3.73. The monoisotopic (exact) mass is 313 g/mol. The molecule has 0 aliphatic heterocycles. The van der Waals surface area contributed by atoms with Crippen molar-refractivity contribution in [1.82, 2.24) is 5.32 Å². The molecule has 0 saturated heterocycles. The molecule has 0 bridgehead atoms. The lowest BCUT2D eigenvalue weighted by molar-refractivity contribution is 0.291. The standard InChI is InChI=1S/C19H39NS/c1-9-11-18(5,6)12-10-13-20-17(4)14-21-15-19(7,8)16(2)3/h16,20H,4,9-15H2,1-3,5-8H3. The fraction of sp³-hybridized carbons (Fsp3) is 0.895. The smallest absolute Gasteiger partial charge is 0.0326 e. The van der Waals surface area contributed by atoms with E-state index in [4.69, 9.17) is 0 Å². The van der Waals surface area contributed by atoms with Crippen molar-refractivity contribution >= 4 is 11.8 Å². The molecule has 0 aromatic heterocycles. The van der Waals surface area contributed by atoms with E-state index in [9.17, 15) is 0 Å². The molecular formula is C19H39NS. The Kier molecular flexibility index (Phi) is 9.76. The van der Waals surface area contributed by atoms with Gasteiger partial charge in [0.2, 0.25) is 0 Å². The normalized spacial score (nSPS) is 12.8. The molecule has 2 heteroatoms. The minimum atomic E-state index is 0.412. The van der Waals surface area contributed by atoms with Gasteiger partial charge in [-0.15, -0.1) is 0 Å². The zero-order chi connectivity index (χ0) is 16.5. The molecule has 1 N–H and O–H groups in total. The summed E-state index contributed by atoms with van der Waals surface area (Å²) in [4.78, 5) is 0. The Hall–Kier alpha value is -0.110. The Morgan fingerprint density at radius 2 is 1.76 bits per heavy atom. The van der Waals surface area contributed by atoms with E-state index in [1.165, 1.54) is 37.1 Å². The third kappa shape index (κ3) is 10.3. The van der Waals surface area contributed by atoms with E-state index in [-0.39, 0.29) is 0 Å². The van der Waals surface area contributed by atoms with Gasteiger partial charge in [0.05, 0.1) is 0 Å². The van der Waals surface area contributed by atoms with Crippen LogP contribution in [-0.2, 0) is 0 Å². The van der Waals surface area contributed by atoms with Crippen LogP contribution in [0.15, 0.2) is 12.3 Å². The molecule has 0 aliphatic rings. The number of rotatable bonds is 12. The van der Waals surface area contributed by atoms with E-state index in [2.05, 4.69) is 60.4 Å². The third-order valence-electron chi connectivity index (χ3n) is 4.65. The first-order valence-electron chi connectivity index (χ1n) is 8.60. The van der Waals surface area contributed by atoms with Crippen molar-refractivity contribution in [3.8, 4) is 0 Å². The zero-order valence-electron chi connectivity index (χ0n) is 15.6. The van der Waals surface area contributed by atoms with Gasteiger partial charge in [0.1, 0.15) is 0 Å². The van der Waals surface area contributed by atoms with Gasteiger partial charge < -0.3 is 5.32 Å². The van der Waals surface area contributed by atoms with Crippen LogP contribution in [0.25, 0.3) is 0 Å². The molecule has 0 spiro atoms. The Morgan fingerprint density at radius 3 is 2.29 bits per heavy atom. The lowest BCUT2D eigenvalue weighted by atomic mass is 9.83. The minimum absolute atomic E-state index is 0.412. The highest BCUT2D eigenvalue weighted by Crippen LogP contribution is 2.30. The summed E-state index contributed by atoms with van der Waals surface area (Å²) in [6.45, 7) is 21.6. The zero-order valence-corrected chi connectivity index (χ0v) is 16.5. The number of hydrogen-bond acceptors (Lipinski definition) is 2. The molecule has 0 unspecified atom stereocenters. The van der Waals surface area contributed by atoms with Crippen LogP contribution in [0.1, 0.15) is 74.1 Å². The van der Waals surface area contributed by atoms with Gasteiger partial charge in [-0.1, -0.05) is 61.5 Å². The maximum absolute atomic E-state index is 4.16. The first-order valence-corrected chi connectivity index (χ1v) is 9.75. The van der Waals surface area contributed by atoms with Crippen LogP contribution in [0.4, 0.5) is 0 Å². The van der Waals surface area contributed by atoms with E-state index in [0.29, 0.717) is 10.8 Å². The number of nitrogens with one attached hydrogen (secondary N) is 1. The highest BCUT2D eigenvalue weighted by atomic mass is 32.2. The topological polar surface area (TPSA) is 12.0 Å². The quantitative estimate of drug-likeness (QED) is 0.436. The van der Waals surface area contributed by atoms with Crippen molar-refractivity contribution in [2.75, 3.05) is 18.1 Å². The van der Waals surface area contributed by atoms with Crippen molar-refractivity contribution in [2.24, 2.45) is 16.7 Å². The summed E-state index contributed by atoms with van der Waals surface area (Å²) in [5.41, 5.74) is 2.09. The van der Waals surface area contributed by atoms with Gasteiger partial charge in [0.15, 0.2) is 0 Å². The molecule has 0 rings (SSSR count). The van der Waals surface area contributed by atoms with Crippen LogP contribution in [0.5, 0.6) is 0 Å². The molecule has 0 aromatic carbocycles. The Morgan fingerprint density at radius 1 is 1.14 bits per heavy atom. The molecule has 126 valence electrons. The van der Waals surface area contributed by atoms with Gasteiger partial charge in [0, 0.05) is 18.0 Å². The lowest BCUT2D eigenvalue weighted by Gasteiger charge is -2.29. The maximum Gasteiger partial charge on any atom is 0.0326 e. The summed E-state index contributed by atoms with van der Waals surface area (Å²) in [6, 6.07) is 0. The molecule has 0 aromatic rings. The highest BCUT2D eigenvalue weighted by molar-refractivity contribution is 7.99. The van der Waals surface area contributed by atoms with Crippen LogP contribution in [0, 0.1) is 16.7 Å². The van der Waals surface area contributed by atoms with E-state index < -0.39 is 0 Å². The average molecular weight is 314 g/mol. The van der Waals surface area contributed by atoms with Crippen LogP contribution < -0.4 is 5.32 Å². The number of hydrogen-bond donors (Lipinski definition) is 1. The predicted octanol–water partition coefficient (Wildman–Crippen LogP) is 6.11. The van der Waals surface area contributed by atoms with Crippen LogP contribution in [0.2, 0.25) is 0 Å². The molecule has 1 nitrogen and oxygen atoms in total. The molecule has 0 amide bonds. The fourth-order valence-electron chi connectivity index (χ4n) is 2.29. The van der Waals surface area contributed by atoms with Crippen LogP contribution in [0.3, 0.4) is 0 Å². The summed E-state index contributed by atoms with van der Waals surface area (Å²) in [7, 11) is 0. The van der Waals surface area contributed by atoms with Crippen molar-refractivity contribution in [3.63, 3.8) is 0 Å². The maximum atomic E-state index is 4.16. The van der Waals surface area contributed by atoms with Gasteiger partial charge >= 0.3 is 0 Å². The SMILES string of the molecule is C=C(CSCC(C)(C)C(C)C)NCCCC(C)(C)CCC. The second-order valence-electron chi connectivity index (χ2n) is 8.18. The lowest BCUT2D eigenvalue weighted by Crippen LogP contribution is -2.23. The molecule has 0 fully saturated rings. The molecular weight excluding hydrogens is 274 g/mol. The average Bonchev–Trinajstić information content (AvgIpc) is 2.34. The Labute approximate surface area is 138 Å². The molecule has 21 heavy (non-hydrogen) atoms. The third-order valence-corrected chi connectivity index (χ3v) is 6.15. The first kappa shape index (κ1) is 20.9. The number of thioether (sulfide) groups is 1. The predicted molar refractivity (Wildman–Crippen MR) is 101 cm³/mol. The van der Waals surface area contributed by atoms with Gasteiger partial charge in [-0.3, -0.25) is 0 Å².